The maximum absolute atomic E-state index is 11.7. The van der Waals surface area contributed by atoms with Gasteiger partial charge in [-0.05, 0) is 40.2 Å². The Morgan fingerprint density at radius 1 is 1.16 bits per heavy atom. The molecule has 1 amide bonds. The number of amides is 1. The lowest BCUT2D eigenvalue weighted by molar-refractivity contribution is 0.0978. The maximum atomic E-state index is 11.7. The molecule has 4 nitrogen and oxygen atoms in total. The van der Waals surface area contributed by atoms with Gasteiger partial charge in [0.1, 0.15) is 0 Å². The van der Waals surface area contributed by atoms with Crippen LogP contribution in [-0.4, -0.2) is 12.2 Å². The number of rotatable bonds is 3. The average molecular weight is 318 g/mol. The van der Waals surface area contributed by atoms with Crippen LogP contribution in [0, 0.1) is 0 Å². The predicted octanol–water partition coefficient (Wildman–Crippen LogP) is 3.12. The van der Waals surface area contributed by atoms with Crippen LogP contribution < -0.4 is 11.1 Å². The van der Waals surface area contributed by atoms with E-state index in [1.807, 2.05) is 6.07 Å². The summed E-state index contributed by atoms with van der Waals surface area (Å²) in [6.07, 6.45) is 1.36. The van der Waals surface area contributed by atoms with Gasteiger partial charge in [0.2, 0.25) is 0 Å². The molecule has 0 radical (unpaired) electrons. The summed E-state index contributed by atoms with van der Waals surface area (Å²) < 4.78 is 0.709. The van der Waals surface area contributed by atoms with Crippen molar-refractivity contribution < 1.29 is 4.79 Å². The molecule has 0 aromatic heterocycles. The molecule has 96 valence electrons. The van der Waals surface area contributed by atoms with Crippen molar-refractivity contribution >= 4 is 39.6 Å². The van der Waals surface area contributed by atoms with Crippen LogP contribution in [-0.2, 0) is 0 Å². The Hall–Kier alpha value is -2.14. The Morgan fingerprint density at radius 3 is 2.63 bits per heavy atom. The zero-order chi connectivity index (χ0) is 13.7. The molecule has 5 heteroatoms. The fourth-order valence-electron chi connectivity index (χ4n) is 1.47. The van der Waals surface area contributed by atoms with Gasteiger partial charge < -0.3 is 11.1 Å². The van der Waals surface area contributed by atoms with E-state index in [1.54, 1.807) is 42.5 Å². The number of aliphatic imine (C=N–C) groups is 1. The van der Waals surface area contributed by atoms with Crippen LogP contribution in [0.5, 0.6) is 0 Å². The number of nitrogen functional groups attached to an aromatic ring is 1. The first-order valence-corrected chi connectivity index (χ1v) is 6.40. The number of carbonyl (C=O) groups is 1. The van der Waals surface area contributed by atoms with E-state index < -0.39 is 0 Å². The number of anilines is 1. The Labute approximate surface area is 119 Å². The van der Waals surface area contributed by atoms with Gasteiger partial charge in [-0.15, -0.1) is 0 Å². The summed E-state index contributed by atoms with van der Waals surface area (Å²) in [7, 11) is 0. The van der Waals surface area contributed by atoms with Gasteiger partial charge in [0.25, 0.3) is 5.91 Å². The van der Waals surface area contributed by atoms with E-state index >= 15 is 0 Å². The third-order valence-corrected chi connectivity index (χ3v) is 3.31. The molecule has 0 saturated carbocycles. The molecule has 2 aromatic rings. The van der Waals surface area contributed by atoms with E-state index in [1.165, 1.54) is 6.34 Å². The maximum Gasteiger partial charge on any atom is 0.256 e. The van der Waals surface area contributed by atoms with E-state index in [4.69, 9.17) is 5.73 Å². The lowest BCUT2D eigenvalue weighted by Gasteiger charge is -2.02. The highest BCUT2D eigenvalue weighted by Gasteiger charge is 2.02. The Morgan fingerprint density at radius 2 is 1.89 bits per heavy atom. The smallest absolute Gasteiger partial charge is 0.256 e. The number of hydrogen-bond donors (Lipinski definition) is 2. The first kappa shape index (κ1) is 13.3. The van der Waals surface area contributed by atoms with E-state index in [0.29, 0.717) is 21.4 Å². The molecule has 0 saturated heterocycles. The van der Waals surface area contributed by atoms with E-state index in [-0.39, 0.29) is 5.91 Å². The van der Waals surface area contributed by atoms with Gasteiger partial charge >= 0.3 is 0 Å². The van der Waals surface area contributed by atoms with Gasteiger partial charge in [-0.2, -0.15) is 0 Å². The van der Waals surface area contributed by atoms with Crippen molar-refractivity contribution in [1.82, 2.24) is 5.32 Å². The lowest BCUT2D eigenvalue weighted by atomic mass is 10.2. The van der Waals surface area contributed by atoms with Gasteiger partial charge in [-0.3, -0.25) is 4.79 Å². The molecular formula is C14H12BrN3O. The van der Waals surface area contributed by atoms with Gasteiger partial charge in [-0.25, -0.2) is 4.99 Å². The number of halogens is 1. The fraction of sp³-hybridized carbons (Fsp3) is 0. The summed E-state index contributed by atoms with van der Waals surface area (Å²) in [5.41, 5.74) is 7.58. The first-order chi connectivity index (χ1) is 9.18. The van der Waals surface area contributed by atoms with Crippen LogP contribution in [0.4, 0.5) is 11.4 Å². The third-order valence-electron chi connectivity index (χ3n) is 2.44. The van der Waals surface area contributed by atoms with Crippen molar-refractivity contribution in [3.8, 4) is 0 Å². The highest BCUT2D eigenvalue weighted by molar-refractivity contribution is 9.10. The van der Waals surface area contributed by atoms with Crippen LogP contribution in [0.3, 0.4) is 0 Å². The molecule has 0 spiro atoms. The average Bonchev–Trinajstić information content (AvgIpc) is 2.44. The number of carbonyl (C=O) groups excluding carboxylic acids is 1. The standard InChI is InChI=1S/C14H12BrN3O/c15-13-11(16)7-4-8-12(13)17-9-18-14(19)10-5-2-1-3-6-10/h1-9H,16H2,(H,17,18,19). The molecule has 0 fully saturated rings. The molecule has 2 aromatic carbocycles. The van der Waals surface area contributed by atoms with Gasteiger partial charge in [0.05, 0.1) is 16.5 Å². The highest BCUT2D eigenvalue weighted by atomic mass is 79.9. The monoisotopic (exact) mass is 317 g/mol. The van der Waals surface area contributed by atoms with Crippen molar-refractivity contribution in [2.24, 2.45) is 4.99 Å². The van der Waals surface area contributed by atoms with Gasteiger partial charge in [0.15, 0.2) is 0 Å². The number of hydrogen-bond acceptors (Lipinski definition) is 3. The number of benzene rings is 2. The second kappa shape index (κ2) is 6.15. The molecular weight excluding hydrogens is 306 g/mol. The number of nitrogens with two attached hydrogens (primary N) is 1. The topological polar surface area (TPSA) is 67.5 Å². The lowest BCUT2D eigenvalue weighted by Crippen LogP contribution is -2.21. The van der Waals surface area contributed by atoms with Crippen molar-refractivity contribution in [2.75, 3.05) is 5.73 Å². The number of nitrogens with one attached hydrogen (secondary N) is 1. The van der Waals surface area contributed by atoms with Crippen molar-refractivity contribution in [3.63, 3.8) is 0 Å². The van der Waals surface area contributed by atoms with Gasteiger partial charge in [0, 0.05) is 11.3 Å². The molecule has 0 aliphatic carbocycles. The van der Waals surface area contributed by atoms with Crippen molar-refractivity contribution in [1.29, 1.82) is 0 Å². The molecule has 3 N–H and O–H groups in total. The summed E-state index contributed by atoms with van der Waals surface area (Å²) >= 11 is 3.34. The van der Waals surface area contributed by atoms with Crippen molar-refractivity contribution in [2.45, 2.75) is 0 Å². The summed E-state index contributed by atoms with van der Waals surface area (Å²) in [6.45, 7) is 0. The molecule has 0 unspecified atom stereocenters. The minimum absolute atomic E-state index is 0.204. The molecule has 0 aliphatic heterocycles. The first-order valence-electron chi connectivity index (χ1n) is 5.61. The van der Waals surface area contributed by atoms with Crippen molar-refractivity contribution in [3.05, 3.63) is 58.6 Å². The Kier molecular flexibility index (Phi) is 4.30. The fourth-order valence-corrected chi connectivity index (χ4v) is 1.84. The molecule has 2 rings (SSSR count). The van der Waals surface area contributed by atoms with E-state index in [9.17, 15) is 4.79 Å². The molecule has 0 aliphatic rings. The second-order valence-electron chi connectivity index (χ2n) is 3.78. The normalized spacial score (nSPS) is 10.6. The Balaban J connectivity index is 2.05. The quantitative estimate of drug-likeness (QED) is 0.519. The minimum atomic E-state index is -0.204. The van der Waals surface area contributed by atoms with Crippen LogP contribution in [0.15, 0.2) is 58.0 Å². The largest absolute Gasteiger partial charge is 0.398 e. The third kappa shape index (κ3) is 3.42. The van der Waals surface area contributed by atoms with Crippen LogP contribution in [0.25, 0.3) is 0 Å². The minimum Gasteiger partial charge on any atom is -0.398 e. The summed E-state index contributed by atoms with van der Waals surface area (Å²) in [6, 6.07) is 14.3. The highest BCUT2D eigenvalue weighted by Crippen LogP contribution is 2.29. The molecule has 0 bridgehead atoms. The zero-order valence-corrected chi connectivity index (χ0v) is 11.6. The van der Waals surface area contributed by atoms with E-state index in [2.05, 4.69) is 26.2 Å². The summed E-state index contributed by atoms with van der Waals surface area (Å²) in [5.74, 6) is -0.204. The predicted molar refractivity (Wildman–Crippen MR) is 80.6 cm³/mol. The second-order valence-corrected chi connectivity index (χ2v) is 4.57. The van der Waals surface area contributed by atoms with Crippen LogP contribution in [0.1, 0.15) is 10.4 Å². The van der Waals surface area contributed by atoms with E-state index in [0.717, 1.165) is 0 Å². The SMILES string of the molecule is Nc1cccc(N=CNC(=O)c2ccccc2)c1Br. The molecule has 0 heterocycles. The Bertz CT molecular complexity index is 611. The van der Waals surface area contributed by atoms with Gasteiger partial charge in [-0.1, -0.05) is 24.3 Å². The zero-order valence-electron chi connectivity index (χ0n) is 10.0. The summed E-state index contributed by atoms with van der Waals surface area (Å²) in [4.78, 5) is 15.9. The number of nitrogens with zero attached hydrogens (tertiary/aromatic N) is 1. The summed E-state index contributed by atoms with van der Waals surface area (Å²) in [5, 5.41) is 2.60. The van der Waals surface area contributed by atoms with Crippen LogP contribution in [0.2, 0.25) is 0 Å². The molecule has 19 heavy (non-hydrogen) atoms. The molecule has 0 atom stereocenters. The van der Waals surface area contributed by atoms with Crippen LogP contribution >= 0.6 is 15.9 Å².